The van der Waals surface area contributed by atoms with E-state index >= 15 is 0 Å². The Labute approximate surface area is 497 Å². The summed E-state index contributed by atoms with van der Waals surface area (Å²) in [6.07, 6.45) is 0. The summed E-state index contributed by atoms with van der Waals surface area (Å²) in [6, 6.07) is 16.4. The number of likely N-dealkylation sites (N-methyl/N-ethyl adjacent to an activating group) is 3. The van der Waals surface area contributed by atoms with Crippen molar-refractivity contribution in [1.82, 2.24) is 14.7 Å². The number of halogens is 3. The second-order valence-corrected chi connectivity index (χ2v) is 21.8. The van der Waals surface area contributed by atoms with Crippen LogP contribution in [0.2, 0.25) is 0 Å². The molecule has 3 aromatic carbocycles. The molecular formula is C60H90Cl3N3O15. The van der Waals surface area contributed by atoms with Crippen LogP contribution >= 0.6 is 36.4 Å². The lowest BCUT2D eigenvalue weighted by Gasteiger charge is -2.30. The molecule has 0 radical (unpaired) electrons. The van der Waals surface area contributed by atoms with Crippen molar-refractivity contribution in [3.63, 3.8) is 0 Å². The number of rotatable bonds is 17. The van der Waals surface area contributed by atoms with Crippen molar-refractivity contribution in [2.24, 2.45) is 0 Å². The van der Waals surface area contributed by atoms with Crippen molar-refractivity contribution in [2.75, 3.05) is 99.5 Å². The van der Waals surface area contributed by atoms with Gasteiger partial charge in [-0.2, -0.15) is 0 Å². The highest BCUT2D eigenvalue weighted by atomic mass is 35.5. The molecule has 0 saturated carbocycles. The molecule has 0 bridgehead atoms. The topological polar surface area (TPSA) is 206 Å². The lowest BCUT2D eigenvalue weighted by Crippen LogP contribution is -2.48. The van der Waals surface area contributed by atoms with Gasteiger partial charge in [0.1, 0.15) is 41.3 Å². The van der Waals surface area contributed by atoms with Gasteiger partial charge in [-0.05, 0) is 90.0 Å². The third-order valence-corrected chi connectivity index (χ3v) is 13.6. The van der Waals surface area contributed by atoms with Gasteiger partial charge in [0, 0.05) is 19.6 Å². The zero-order valence-electron chi connectivity index (χ0n) is 50.1. The number of para-hydroxylation sites is 3. The van der Waals surface area contributed by atoms with Crippen molar-refractivity contribution < 1.29 is 71.8 Å². The van der Waals surface area contributed by atoms with Gasteiger partial charge in [-0.25, -0.2) is 9.59 Å². The maximum absolute atomic E-state index is 12.3. The van der Waals surface area contributed by atoms with Crippen LogP contribution < -0.4 is 14.2 Å². The first-order valence-electron chi connectivity index (χ1n) is 27.3. The van der Waals surface area contributed by atoms with Crippen LogP contribution in [0.4, 0.5) is 0 Å². The average Bonchev–Trinajstić information content (AvgIpc) is 3.40. The van der Waals surface area contributed by atoms with Gasteiger partial charge in [0.15, 0.2) is 13.2 Å². The summed E-state index contributed by atoms with van der Waals surface area (Å²) < 4.78 is 42.5. The fourth-order valence-electron chi connectivity index (χ4n) is 8.50. The second kappa shape index (κ2) is 37.3. The number of alkyl halides is 1. The summed E-state index contributed by atoms with van der Waals surface area (Å²) in [4.78, 5) is 76.2. The second-order valence-electron chi connectivity index (χ2n) is 21.5. The molecule has 3 saturated heterocycles. The van der Waals surface area contributed by atoms with Crippen LogP contribution in [0.5, 0.6) is 17.2 Å². The Kier molecular flexibility index (Phi) is 34.2. The molecule has 456 valence electrons. The zero-order valence-corrected chi connectivity index (χ0v) is 52.5. The van der Waals surface area contributed by atoms with Gasteiger partial charge < -0.3 is 43.0 Å². The smallest absolute Gasteiger partial charge is 0.349 e. The van der Waals surface area contributed by atoms with Gasteiger partial charge in [0.2, 0.25) is 0 Å². The van der Waals surface area contributed by atoms with E-state index < -0.39 is 67.2 Å². The van der Waals surface area contributed by atoms with Gasteiger partial charge in [-0.3, -0.25) is 33.9 Å². The minimum absolute atomic E-state index is 0. The highest BCUT2D eigenvalue weighted by Crippen LogP contribution is 2.37. The molecule has 3 unspecified atom stereocenters. The van der Waals surface area contributed by atoms with Crippen molar-refractivity contribution >= 4 is 72.2 Å². The molecule has 0 amide bonds. The highest BCUT2D eigenvalue weighted by molar-refractivity contribution is 6.26. The number of ether oxygens (including phenoxy) is 8. The van der Waals surface area contributed by atoms with Gasteiger partial charge >= 0.3 is 35.8 Å². The Morgan fingerprint density at radius 1 is 0.469 bits per heavy atom. The Morgan fingerprint density at radius 3 is 0.926 bits per heavy atom. The molecule has 18 nitrogen and oxygen atoms in total. The summed E-state index contributed by atoms with van der Waals surface area (Å²) in [5, 5.41) is 8.59. The monoisotopic (exact) mass is 1200 g/mol. The molecule has 6 rings (SSSR count). The van der Waals surface area contributed by atoms with Crippen molar-refractivity contribution in [2.45, 2.75) is 137 Å². The summed E-state index contributed by atoms with van der Waals surface area (Å²) in [5.41, 5.74) is 5.98. The van der Waals surface area contributed by atoms with Gasteiger partial charge in [-0.1, -0.05) is 138 Å². The van der Waals surface area contributed by atoms with Crippen LogP contribution in [0.3, 0.4) is 0 Å². The number of benzene rings is 3. The lowest BCUT2D eigenvalue weighted by atomic mass is 9.94. The number of esters is 5. The van der Waals surface area contributed by atoms with Crippen molar-refractivity contribution in [1.29, 1.82) is 0 Å². The molecular weight excluding hydrogens is 1110 g/mol. The predicted molar refractivity (Wildman–Crippen MR) is 317 cm³/mol. The molecule has 3 fully saturated rings. The van der Waals surface area contributed by atoms with Crippen molar-refractivity contribution in [3.05, 3.63) is 88.0 Å². The minimum Gasteiger partial charge on any atom is -0.480 e. The first kappa shape index (κ1) is 74.1. The summed E-state index contributed by atoms with van der Waals surface area (Å²) >= 11 is 5.49. The van der Waals surface area contributed by atoms with Crippen LogP contribution in [0, 0.1) is 0 Å². The lowest BCUT2D eigenvalue weighted by molar-refractivity contribution is -0.161. The van der Waals surface area contributed by atoms with E-state index in [9.17, 15) is 28.8 Å². The van der Waals surface area contributed by atoms with Gasteiger partial charge in [-0.15, -0.1) is 36.4 Å². The number of nitrogens with zero attached hydrogens (tertiary/aromatic N) is 3. The quantitative estimate of drug-likeness (QED) is 0.0758. The van der Waals surface area contributed by atoms with Crippen LogP contribution in [0.15, 0.2) is 54.6 Å². The minimum atomic E-state index is -0.804. The Morgan fingerprint density at radius 2 is 0.716 bits per heavy atom. The number of morpholine rings is 3. The van der Waals surface area contributed by atoms with Gasteiger partial charge in [0.05, 0.1) is 39.6 Å². The third-order valence-electron chi connectivity index (χ3n) is 13.4. The fraction of sp³-hybridized carbons (Fsp3) is 0.600. The molecule has 0 aliphatic carbocycles. The molecule has 3 atom stereocenters. The molecule has 0 spiro atoms. The summed E-state index contributed by atoms with van der Waals surface area (Å²) in [6.45, 7) is 28.6. The molecule has 3 heterocycles. The van der Waals surface area contributed by atoms with E-state index in [0.29, 0.717) is 75.1 Å². The first-order chi connectivity index (χ1) is 37.3. The molecule has 3 aliphatic rings. The largest absolute Gasteiger partial charge is 0.480 e. The van der Waals surface area contributed by atoms with E-state index in [2.05, 4.69) is 83.1 Å². The van der Waals surface area contributed by atoms with E-state index in [-0.39, 0.29) is 67.6 Å². The average molecular weight is 1200 g/mol. The maximum atomic E-state index is 12.3. The van der Waals surface area contributed by atoms with Crippen molar-refractivity contribution in [3.8, 4) is 17.2 Å². The fourth-order valence-corrected chi connectivity index (χ4v) is 8.55. The maximum Gasteiger partial charge on any atom is 0.349 e. The predicted octanol–water partition coefficient (Wildman–Crippen LogP) is 9.75. The standard InChI is InChI=1S/2C20H29NO5.C14H19ClO2.C6H11NO3.2ClH/c2*1-13(2)15-7-6-8-16(14(3)4)19(15)26-18(22)12-25-20(23)17-11-24-10-9-21(17)5;1-9(2)11-6-5-7-12(10(3)4)14(11)17-13(16)8-15;1-7-2-3-10-4-5(7)6(8)9;;/h2*6-8,13-14,17H,9-12H2,1-5H3;5-7,9-10H,8H2,1-4H3;5H,2-4H2,1H3,(H,8,9);2*1H. The molecule has 0 aromatic heterocycles. The summed E-state index contributed by atoms with van der Waals surface area (Å²) in [7, 11) is 5.46. The number of aliphatic carboxylic acids is 1. The molecule has 3 aromatic rings. The Balaban J connectivity index is 0.000000562. The van der Waals surface area contributed by atoms with Crippen LogP contribution in [0.25, 0.3) is 0 Å². The van der Waals surface area contributed by atoms with E-state index in [0.717, 1.165) is 33.4 Å². The number of carbonyl (C=O) groups is 6. The Bertz CT molecular complexity index is 2260. The number of carboxylic acids is 1. The van der Waals surface area contributed by atoms with Crippen LogP contribution in [-0.4, -0.2) is 173 Å². The van der Waals surface area contributed by atoms with Gasteiger partial charge in [0.25, 0.3) is 0 Å². The molecule has 21 heteroatoms. The molecule has 1 N–H and O–H groups in total. The number of carbonyl (C=O) groups excluding carboxylic acids is 5. The van der Waals surface area contributed by atoms with E-state index in [1.165, 1.54) is 0 Å². The van der Waals surface area contributed by atoms with E-state index in [1.54, 1.807) is 11.9 Å². The number of hydrogen-bond acceptors (Lipinski definition) is 17. The normalized spacial score (nSPS) is 17.5. The number of hydrogen-bond donors (Lipinski definition) is 1. The SMILES string of the molecule is CC(C)c1cccc(C(C)C)c1OC(=O)CCl.CC(C)c1cccc(C(C)C)c1OC(=O)COC(=O)C1COCCN1C.CC(C)c1cccc(C(C)C)c1OC(=O)COC(=O)C1COCCN1C.CN1CCOCC1C(=O)O.Cl.Cl. The number of carboxylic acid groups (broad SMARTS) is 1. The van der Waals surface area contributed by atoms with E-state index in [4.69, 9.17) is 54.6 Å². The summed E-state index contributed by atoms with van der Waals surface area (Å²) in [5.74, 6) is -0.0854. The van der Waals surface area contributed by atoms with Crippen LogP contribution in [0.1, 0.15) is 152 Å². The first-order valence-corrected chi connectivity index (χ1v) is 27.8. The zero-order chi connectivity index (χ0) is 59.1. The van der Waals surface area contributed by atoms with E-state index in [1.807, 2.05) is 78.5 Å². The van der Waals surface area contributed by atoms with Crippen LogP contribution in [-0.2, 0) is 52.5 Å². The Hall–Kier alpha value is -4.89. The molecule has 81 heavy (non-hydrogen) atoms. The highest BCUT2D eigenvalue weighted by Gasteiger charge is 2.31. The third kappa shape index (κ3) is 23.7. The molecule has 3 aliphatic heterocycles.